The highest BCUT2D eigenvalue weighted by Crippen LogP contribution is 2.41. The van der Waals surface area contributed by atoms with Crippen LogP contribution in [0.1, 0.15) is 12.8 Å². The van der Waals surface area contributed by atoms with Crippen molar-refractivity contribution in [2.45, 2.75) is 18.9 Å². The Morgan fingerprint density at radius 1 is 1.14 bits per heavy atom. The van der Waals surface area contributed by atoms with Crippen molar-refractivity contribution in [2.75, 3.05) is 46.4 Å². The van der Waals surface area contributed by atoms with Crippen molar-refractivity contribution in [3.8, 4) is 0 Å². The molecule has 0 amide bonds. The van der Waals surface area contributed by atoms with Gasteiger partial charge in [-0.05, 0) is 38.4 Å². The molecule has 3 aliphatic heterocycles. The third-order valence-electron chi connectivity index (χ3n) is 4.26. The molecule has 0 atom stereocenters. The summed E-state index contributed by atoms with van der Waals surface area (Å²) in [6.45, 7) is 7.25. The molecule has 0 bridgehead atoms. The van der Waals surface area contributed by atoms with Crippen LogP contribution in [0, 0.1) is 5.41 Å². The second-order valence-corrected chi connectivity index (χ2v) is 5.40. The highest BCUT2D eigenvalue weighted by Gasteiger charge is 2.47. The minimum absolute atomic E-state index is 0.697. The molecule has 0 N–H and O–H groups in total. The molecule has 3 heterocycles. The normalized spacial score (nSPS) is 34.1. The van der Waals surface area contributed by atoms with Crippen LogP contribution in [0.3, 0.4) is 0 Å². The van der Waals surface area contributed by atoms with E-state index in [0.717, 1.165) is 19.3 Å². The molecule has 14 heavy (non-hydrogen) atoms. The van der Waals surface area contributed by atoms with Crippen LogP contribution < -0.4 is 0 Å². The molecule has 0 saturated carbocycles. The molecule has 0 aliphatic carbocycles. The zero-order valence-electron chi connectivity index (χ0n) is 9.04. The molecule has 3 fully saturated rings. The Hall–Kier alpha value is -0.120. The Labute approximate surface area is 86.0 Å². The van der Waals surface area contributed by atoms with Gasteiger partial charge in [0.25, 0.3) is 0 Å². The van der Waals surface area contributed by atoms with Gasteiger partial charge in [0.15, 0.2) is 0 Å². The van der Waals surface area contributed by atoms with Crippen molar-refractivity contribution >= 4 is 0 Å². The number of rotatable bonds is 1. The fraction of sp³-hybridized carbons (Fsp3) is 1.00. The monoisotopic (exact) mass is 196 g/mol. The maximum Gasteiger partial charge on any atom is 0.0645 e. The SMILES string of the molecule is CN1CCC2(CC1)CN(C1COC1)C2. The van der Waals surface area contributed by atoms with E-state index in [1.165, 1.54) is 39.0 Å². The molecular weight excluding hydrogens is 176 g/mol. The highest BCUT2D eigenvalue weighted by molar-refractivity contribution is 5.01. The van der Waals surface area contributed by atoms with E-state index in [0.29, 0.717) is 5.41 Å². The third-order valence-corrected chi connectivity index (χ3v) is 4.26. The summed E-state index contributed by atoms with van der Waals surface area (Å²) in [5.74, 6) is 0. The molecule has 80 valence electrons. The fourth-order valence-electron chi connectivity index (χ4n) is 2.92. The molecule has 0 aromatic carbocycles. The largest absolute Gasteiger partial charge is 0.378 e. The van der Waals surface area contributed by atoms with Gasteiger partial charge in [-0.15, -0.1) is 0 Å². The van der Waals surface area contributed by atoms with Gasteiger partial charge < -0.3 is 9.64 Å². The van der Waals surface area contributed by atoms with Gasteiger partial charge in [0.2, 0.25) is 0 Å². The average Bonchev–Trinajstić information content (AvgIpc) is 2.03. The van der Waals surface area contributed by atoms with Crippen LogP contribution in [-0.4, -0.2) is 62.3 Å². The lowest BCUT2D eigenvalue weighted by Gasteiger charge is -2.57. The first-order valence-corrected chi connectivity index (χ1v) is 5.78. The molecule has 3 nitrogen and oxygen atoms in total. The lowest BCUT2D eigenvalue weighted by molar-refractivity contribution is -0.143. The van der Waals surface area contributed by atoms with Crippen LogP contribution in [-0.2, 0) is 4.74 Å². The number of nitrogens with zero attached hydrogens (tertiary/aromatic N) is 2. The average molecular weight is 196 g/mol. The number of hydrogen-bond acceptors (Lipinski definition) is 3. The summed E-state index contributed by atoms with van der Waals surface area (Å²) in [6.07, 6.45) is 2.82. The topological polar surface area (TPSA) is 15.7 Å². The van der Waals surface area contributed by atoms with Gasteiger partial charge in [0, 0.05) is 13.1 Å². The summed E-state index contributed by atoms with van der Waals surface area (Å²) >= 11 is 0. The molecular formula is C11H20N2O. The van der Waals surface area contributed by atoms with E-state index in [1.54, 1.807) is 0 Å². The smallest absolute Gasteiger partial charge is 0.0645 e. The van der Waals surface area contributed by atoms with E-state index in [4.69, 9.17) is 4.74 Å². The number of piperidine rings is 1. The van der Waals surface area contributed by atoms with Gasteiger partial charge in [0.05, 0.1) is 19.3 Å². The van der Waals surface area contributed by atoms with E-state index in [9.17, 15) is 0 Å². The van der Waals surface area contributed by atoms with Gasteiger partial charge in [-0.3, -0.25) is 4.90 Å². The molecule has 0 radical (unpaired) electrons. The van der Waals surface area contributed by atoms with E-state index >= 15 is 0 Å². The maximum atomic E-state index is 5.23. The second kappa shape index (κ2) is 3.19. The molecule has 0 unspecified atom stereocenters. The Morgan fingerprint density at radius 2 is 1.79 bits per heavy atom. The molecule has 1 spiro atoms. The van der Waals surface area contributed by atoms with E-state index in [2.05, 4.69) is 16.8 Å². The predicted octanol–water partition coefficient (Wildman–Crippen LogP) is 0.413. The Kier molecular flexibility index (Phi) is 2.08. The van der Waals surface area contributed by atoms with Crippen LogP contribution in [0.15, 0.2) is 0 Å². The maximum absolute atomic E-state index is 5.23. The van der Waals surface area contributed by atoms with Crippen molar-refractivity contribution < 1.29 is 4.74 Å². The second-order valence-electron chi connectivity index (χ2n) is 5.40. The summed E-state index contributed by atoms with van der Waals surface area (Å²) in [7, 11) is 2.24. The van der Waals surface area contributed by atoms with Gasteiger partial charge >= 0.3 is 0 Å². The quantitative estimate of drug-likeness (QED) is 0.604. The van der Waals surface area contributed by atoms with Crippen LogP contribution in [0.5, 0.6) is 0 Å². The summed E-state index contributed by atoms with van der Waals surface area (Å²) in [4.78, 5) is 5.08. The van der Waals surface area contributed by atoms with Crippen LogP contribution >= 0.6 is 0 Å². The van der Waals surface area contributed by atoms with E-state index < -0.39 is 0 Å². The minimum Gasteiger partial charge on any atom is -0.378 e. The standard InChI is InChI=1S/C11H20N2O/c1-12-4-2-11(3-5-12)8-13(9-11)10-6-14-7-10/h10H,2-9H2,1H3. The summed E-state index contributed by atoms with van der Waals surface area (Å²) in [5.41, 5.74) is 0.697. The molecule has 3 rings (SSSR count). The zero-order valence-corrected chi connectivity index (χ0v) is 9.04. The van der Waals surface area contributed by atoms with Crippen molar-refractivity contribution in [3.63, 3.8) is 0 Å². The van der Waals surface area contributed by atoms with Crippen LogP contribution in [0.2, 0.25) is 0 Å². The number of likely N-dealkylation sites (tertiary alicyclic amines) is 2. The lowest BCUT2D eigenvalue weighted by atomic mass is 9.71. The van der Waals surface area contributed by atoms with Gasteiger partial charge in [-0.25, -0.2) is 0 Å². The summed E-state index contributed by atoms with van der Waals surface area (Å²) in [6, 6.07) is 0.764. The van der Waals surface area contributed by atoms with Gasteiger partial charge in [0.1, 0.15) is 0 Å². The molecule has 0 aromatic heterocycles. The van der Waals surface area contributed by atoms with Crippen molar-refractivity contribution in [3.05, 3.63) is 0 Å². The summed E-state index contributed by atoms with van der Waals surface area (Å²) < 4.78 is 5.23. The van der Waals surface area contributed by atoms with Crippen molar-refractivity contribution in [1.82, 2.24) is 9.80 Å². The van der Waals surface area contributed by atoms with E-state index in [1.807, 2.05) is 0 Å². The number of ether oxygens (including phenoxy) is 1. The van der Waals surface area contributed by atoms with Gasteiger partial charge in [-0.2, -0.15) is 0 Å². The molecule has 0 aromatic rings. The summed E-state index contributed by atoms with van der Waals surface area (Å²) in [5, 5.41) is 0. The Morgan fingerprint density at radius 3 is 2.29 bits per heavy atom. The van der Waals surface area contributed by atoms with Crippen molar-refractivity contribution in [1.29, 1.82) is 0 Å². The highest BCUT2D eigenvalue weighted by atomic mass is 16.5. The van der Waals surface area contributed by atoms with Crippen molar-refractivity contribution in [2.24, 2.45) is 5.41 Å². The Bertz CT molecular complexity index is 211. The van der Waals surface area contributed by atoms with Crippen LogP contribution in [0.4, 0.5) is 0 Å². The lowest BCUT2D eigenvalue weighted by Crippen LogP contribution is -2.66. The first kappa shape index (κ1) is 9.13. The van der Waals surface area contributed by atoms with E-state index in [-0.39, 0.29) is 0 Å². The first-order chi connectivity index (χ1) is 6.77. The van der Waals surface area contributed by atoms with Gasteiger partial charge in [-0.1, -0.05) is 0 Å². The molecule has 3 aliphatic rings. The molecule has 3 saturated heterocycles. The molecule has 3 heteroatoms. The third kappa shape index (κ3) is 1.38. The minimum atomic E-state index is 0.697. The zero-order chi connectivity index (χ0) is 9.60. The predicted molar refractivity (Wildman–Crippen MR) is 55.3 cm³/mol. The fourth-order valence-corrected chi connectivity index (χ4v) is 2.92. The first-order valence-electron chi connectivity index (χ1n) is 5.78. The number of hydrogen-bond donors (Lipinski definition) is 0. The Balaban J connectivity index is 1.52. The van der Waals surface area contributed by atoms with Crippen LogP contribution in [0.25, 0.3) is 0 Å².